The molecule has 7 nitrogen and oxygen atoms in total. The van der Waals surface area contributed by atoms with Crippen LogP contribution in [0.15, 0.2) is 18.2 Å². The topological polar surface area (TPSA) is 83.1 Å². The Kier molecular flexibility index (Phi) is 7.90. The number of ether oxygens (including phenoxy) is 4. The molecular weight excluding hydrogens is 394 g/mol. The number of carbonyl (C=O) groups excluding carboxylic acids is 2. The summed E-state index contributed by atoms with van der Waals surface area (Å²) in [6.45, 7) is 6.29. The van der Waals surface area contributed by atoms with E-state index < -0.39 is 11.9 Å². The van der Waals surface area contributed by atoms with Gasteiger partial charge in [0, 0.05) is 17.0 Å². The molecule has 0 saturated heterocycles. The van der Waals surface area contributed by atoms with E-state index in [4.69, 9.17) is 18.9 Å². The lowest BCUT2D eigenvalue weighted by Crippen LogP contribution is -2.15. The molecule has 0 radical (unpaired) electrons. The van der Waals surface area contributed by atoms with Crippen LogP contribution in [0.1, 0.15) is 58.7 Å². The van der Waals surface area contributed by atoms with Crippen LogP contribution in [0.3, 0.4) is 0 Å². The predicted octanol–water partition coefficient (Wildman–Crippen LogP) is 4.72. The van der Waals surface area contributed by atoms with Crippen LogP contribution in [-0.4, -0.2) is 39.8 Å². The molecule has 0 spiro atoms. The molecular formula is C21H27NO6S. The largest absolute Gasteiger partial charge is 0.496 e. The van der Waals surface area contributed by atoms with Gasteiger partial charge in [-0.2, -0.15) is 0 Å². The summed E-state index contributed by atoms with van der Waals surface area (Å²) in [5.41, 5.74) is 0.609. The molecule has 0 aliphatic heterocycles. The van der Waals surface area contributed by atoms with Gasteiger partial charge < -0.3 is 24.3 Å². The third-order valence-corrected chi connectivity index (χ3v) is 5.51. The summed E-state index contributed by atoms with van der Waals surface area (Å²) in [5, 5.41) is 3.27. The van der Waals surface area contributed by atoms with Gasteiger partial charge in [0.15, 0.2) is 11.5 Å². The zero-order chi connectivity index (χ0) is 21.6. The number of nitrogens with one attached hydrogen (secondary N) is 1. The van der Waals surface area contributed by atoms with Crippen molar-refractivity contribution < 1.29 is 28.5 Å². The highest BCUT2D eigenvalue weighted by Crippen LogP contribution is 2.37. The lowest BCUT2D eigenvalue weighted by atomic mass is 10.1. The van der Waals surface area contributed by atoms with E-state index in [9.17, 15) is 9.59 Å². The third kappa shape index (κ3) is 5.20. The molecule has 0 saturated carbocycles. The Morgan fingerprint density at radius 1 is 0.966 bits per heavy atom. The van der Waals surface area contributed by atoms with E-state index in [2.05, 4.69) is 5.32 Å². The lowest BCUT2D eigenvalue weighted by Gasteiger charge is -2.14. The number of anilines is 1. The van der Waals surface area contributed by atoms with Crippen LogP contribution in [0.2, 0.25) is 0 Å². The minimum absolute atomic E-state index is 0.207. The van der Waals surface area contributed by atoms with Gasteiger partial charge in [0.2, 0.25) is 0 Å². The number of hydrogen-bond acceptors (Lipinski definition) is 7. The van der Waals surface area contributed by atoms with Gasteiger partial charge >= 0.3 is 5.97 Å². The van der Waals surface area contributed by atoms with E-state index in [1.54, 1.807) is 18.2 Å². The molecule has 2 rings (SSSR count). The summed E-state index contributed by atoms with van der Waals surface area (Å²) in [6, 6.07) is 4.89. The normalized spacial score (nSPS) is 10.6. The Bertz CT molecular complexity index is 874. The van der Waals surface area contributed by atoms with E-state index in [-0.39, 0.29) is 11.5 Å². The average Bonchev–Trinajstić information content (AvgIpc) is 3.14. The van der Waals surface area contributed by atoms with E-state index in [1.165, 1.54) is 32.7 Å². The summed E-state index contributed by atoms with van der Waals surface area (Å²) in [7, 11) is 4.46. The van der Waals surface area contributed by atoms with Crippen molar-refractivity contribution in [1.29, 1.82) is 0 Å². The van der Waals surface area contributed by atoms with Crippen LogP contribution in [0.4, 0.5) is 5.00 Å². The average molecular weight is 422 g/mol. The fraction of sp³-hybridized carbons (Fsp3) is 0.429. The highest BCUT2D eigenvalue weighted by atomic mass is 32.1. The highest BCUT2D eigenvalue weighted by molar-refractivity contribution is 7.16. The molecule has 1 amide bonds. The van der Waals surface area contributed by atoms with Gasteiger partial charge in [-0.15, -0.1) is 11.3 Å². The van der Waals surface area contributed by atoms with E-state index >= 15 is 0 Å². The molecule has 2 aromatic rings. The summed E-state index contributed by atoms with van der Waals surface area (Å²) >= 11 is 1.35. The van der Waals surface area contributed by atoms with Crippen molar-refractivity contribution >= 4 is 28.2 Å². The van der Waals surface area contributed by atoms with E-state index in [1.807, 2.05) is 20.8 Å². The van der Waals surface area contributed by atoms with Gasteiger partial charge in [-0.25, -0.2) is 4.79 Å². The number of esters is 1. The number of amides is 1. The van der Waals surface area contributed by atoms with Crippen LogP contribution in [0.5, 0.6) is 17.2 Å². The maximum atomic E-state index is 13.0. The highest BCUT2D eigenvalue weighted by Gasteiger charge is 2.23. The minimum atomic E-state index is -0.454. The van der Waals surface area contributed by atoms with Gasteiger partial charge in [-0.3, -0.25) is 4.79 Å². The maximum absolute atomic E-state index is 13.0. The number of methoxy groups -OCH3 is 3. The molecule has 1 aromatic heterocycles. The molecule has 0 fully saturated rings. The summed E-state index contributed by atoms with van der Waals surface area (Å²) in [6.07, 6.45) is 0.720. The second kappa shape index (κ2) is 10.2. The SMILES string of the molecule is CCCOC(=O)c1cc(C(C)C)sc1NC(=O)c1cc(OC)c(OC)cc1OC. The summed E-state index contributed by atoms with van der Waals surface area (Å²) in [5.74, 6) is 0.502. The van der Waals surface area contributed by atoms with Crippen molar-refractivity contribution in [2.75, 3.05) is 33.3 Å². The number of rotatable bonds is 9. The predicted molar refractivity (Wildman–Crippen MR) is 113 cm³/mol. The first-order valence-corrected chi connectivity index (χ1v) is 10.1. The van der Waals surface area contributed by atoms with Crippen LogP contribution in [0, 0.1) is 0 Å². The van der Waals surface area contributed by atoms with Crippen molar-refractivity contribution in [2.24, 2.45) is 0 Å². The molecule has 1 N–H and O–H groups in total. The van der Waals surface area contributed by atoms with Gasteiger partial charge in [0.25, 0.3) is 5.91 Å². The Hall–Kier alpha value is -2.74. The first-order valence-electron chi connectivity index (χ1n) is 9.28. The Morgan fingerprint density at radius 2 is 1.59 bits per heavy atom. The van der Waals surface area contributed by atoms with Crippen LogP contribution < -0.4 is 19.5 Å². The van der Waals surface area contributed by atoms with Crippen molar-refractivity contribution in [1.82, 2.24) is 0 Å². The second-order valence-electron chi connectivity index (χ2n) is 6.54. The van der Waals surface area contributed by atoms with E-state index in [0.29, 0.717) is 34.4 Å². The molecule has 0 aliphatic carbocycles. The Morgan fingerprint density at radius 3 is 2.14 bits per heavy atom. The molecule has 0 bridgehead atoms. The molecule has 0 aliphatic rings. The molecule has 1 aromatic carbocycles. The van der Waals surface area contributed by atoms with Gasteiger partial charge in [-0.05, 0) is 18.4 Å². The van der Waals surface area contributed by atoms with Crippen LogP contribution in [0.25, 0.3) is 0 Å². The monoisotopic (exact) mass is 421 g/mol. The fourth-order valence-electron chi connectivity index (χ4n) is 2.59. The number of carbonyl (C=O) groups is 2. The van der Waals surface area contributed by atoms with E-state index in [0.717, 1.165) is 11.3 Å². The fourth-order valence-corrected chi connectivity index (χ4v) is 3.63. The Labute approximate surface area is 174 Å². The molecule has 8 heteroatoms. The summed E-state index contributed by atoms with van der Waals surface area (Å²) in [4.78, 5) is 26.4. The quantitative estimate of drug-likeness (QED) is 0.590. The molecule has 158 valence electrons. The Balaban J connectivity index is 2.40. The minimum Gasteiger partial charge on any atom is -0.496 e. The van der Waals surface area contributed by atoms with Crippen molar-refractivity contribution in [3.63, 3.8) is 0 Å². The number of benzene rings is 1. The van der Waals surface area contributed by atoms with Crippen LogP contribution in [-0.2, 0) is 4.74 Å². The molecule has 0 atom stereocenters. The molecule has 29 heavy (non-hydrogen) atoms. The van der Waals surface area contributed by atoms with Crippen molar-refractivity contribution in [3.8, 4) is 17.2 Å². The molecule has 1 heterocycles. The number of hydrogen-bond donors (Lipinski definition) is 1. The zero-order valence-electron chi connectivity index (χ0n) is 17.6. The lowest BCUT2D eigenvalue weighted by molar-refractivity contribution is 0.0507. The number of thiophene rings is 1. The van der Waals surface area contributed by atoms with Gasteiger partial charge in [-0.1, -0.05) is 20.8 Å². The first kappa shape index (κ1) is 22.5. The first-order chi connectivity index (χ1) is 13.9. The smallest absolute Gasteiger partial charge is 0.341 e. The van der Waals surface area contributed by atoms with Crippen LogP contribution >= 0.6 is 11.3 Å². The maximum Gasteiger partial charge on any atom is 0.341 e. The van der Waals surface area contributed by atoms with Gasteiger partial charge in [0.05, 0.1) is 39.1 Å². The second-order valence-corrected chi connectivity index (χ2v) is 7.63. The zero-order valence-corrected chi connectivity index (χ0v) is 18.4. The summed E-state index contributed by atoms with van der Waals surface area (Å²) < 4.78 is 21.1. The van der Waals surface area contributed by atoms with Crippen molar-refractivity contribution in [2.45, 2.75) is 33.1 Å². The van der Waals surface area contributed by atoms with Crippen molar-refractivity contribution in [3.05, 3.63) is 34.2 Å². The standard InChI is InChI=1S/C21H27NO6S/c1-7-8-28-21(24)14-10-18(12(2)3)29-20(14)22-19(23)13-9-16(26-5)17(27-6)11-15(13)25-4/h9-12H,7-8H2,1-6H3,(H,22,23). The molecule has 0 unspecified atom stereocenters. The van der Waals surface area contributed by atoms with Gasteiger partial charge in [0.1, 0.15) is 10.8 Å². The third-order valence-electron chi connectivity index (χ3n) is 4.15.